The summed E-state index contributed by atoms with van der Waals surface area (Å²) in [6, 6.07) is 3.39. The lowest BCUT2D eigenvalue weighted by Crippen LogP contribution is -2.43. The van der Waals surface area contributed by atoms with Crippen molar-refractivity contribution in [2.75, 3.05) is 11.9 Å². The molecule has 1 unspecified atom stereocenters. The minimum Gasteiger partial charge on any atom is -0.263 e. The van der Waals surface area contributed by atoms with E-state index in [1.165, 1.54) is 6.20 Å². The topological polar surface area (TPSA) is 50.3 Å². The first-order valence-corrected chi connectivity index (χ1v) is 8.70. The Morgan fingerprint density at radius 2 is 2.28 bits per heavy atom. The van der Waals surface area contributed by atoms with Crippen LogP contribution in [-0.2, 0) is 10.0 Å². The minimum atomic E-state index is -3.38. The van der Waals surface area contributed by atoms with Gasteiger partial charge in [0.1, 0.15) is 4.90 Å². The lowest BCUT2D eigenvalue weighted by molar-refractivity contribution is 0.248. The van der Waals surface area contributed by atoms with Gasteiger partial charge in [0.25, 0.3) is 0 Å². The monoisotopic (exact) mass is 332 g/mol. The van der Waals surface area contributed by atoms with Gasteiger partial charge in [-0.2, -0.15) is 4.31 Å². The molecule has 0 saturated carbocycles. The first-order valence-electron chi connectivity index (χ1n) is 6.14. The van der Waals surface area contributed by atoms with E-state index in [1.807, 2.05) is 0 Å². The van der Waals surface area contributed by atoms with Crippen LogP contribution in [0.2, 0.25) is 0 Å². The number of pyridine rings is 1. The molecule has 1 atom stereocenters. The van der Waals surface area contributed by atoms with Gasteiger partial charge in [-0.15, -0.1) is 0 Å². The maximum Gasteiger partial charge on any atom is 0.244 e. The van der Waals surface area contributed by atoms with E-state index >= 15 is 0 Å². The highest BCUT2D eigenvalue weighted by atomic mass is 79.9. The molecule has 0 bridgehead atoms. The second-order valence-electron chi connectivity index (χ2n) is 4.43. The van der Waals surface area contributed by atoms with E-state index in [0.717, 1.165) is 31.0 Å². The maximum absolute atomic E-state index is 12.5. The van der Waals surface area contributed by atoms with Gasteiger partial charge in [-0.3, -0.25) is 4.98 Å². The van der Waals surface area contributed by atoms with E-state index in [0.29, 0.717) is 11.4 Å². The predicted molar refractivity (Wildman–Crippen MR) is 74.2 cm³/mol. The molecule has 1 saturated heterocycles. The molecule has 0 amide bonds. The van der Waals surface area contributed by atoms with Crippen molar-refractivity contribution in [2.24, 2.45) is 0 Å². The molecule has 0 spiro atoms. The Morgan fingerprint density at radius 1 is 1.44 bits per heavy atom. The highest BCUT2D eigenvalue weighted by molar-refractivity contribution is 9.09. The minimum absolute atomic E-state index is 0.114. The molecule has 0 N–H and O–H groups in total. The number of sulfonamides is 1. The van der Waals surface area contributed by atoms with Crippen LogP contribution in [0.25, 0.3) is 0 Å². The van der Waals surface area contributed by atoms with Crippen molar-refractivity contribution in [3.8, 4) is 0 Å². The van der Waals surface area contributed by atoms with Crippen LogP contribution in [0, 0.1) is 0 Å². The molecule has 2 heterocycles. The van der Waals surface area contributed by atoms with E-state index in [1.54, 1.807) is 22.6 Å². The lowest BCUT2D eigenvalue weighted by Gasteiger charge is -2.34. The summed E-state index contributed by atoms with van der Waals surface area (Å²) in [6.45, 7) is 0.620. The van der Waals surface area contributed by atoms with Crippen LogP contribution in [0.4, 0.5) is 0 Å². The van der Waals surface area contributed by atoms with Crippen LogP contribution in [-0.4, -0.2) is 35.6 Å². The summed E-state index contributed by atoms with van der Waals surface area (Å²) < 4.78 is 26.7. The Balaban J connectivity index is 2.27. The van der Waals surface area contributed by atoms with E-state index < -0.39 is 10.0 Å². The van der Waals surface area contributed by atoms with Crippen LogP contribution in [0.3, 0.4) is 0 Å². The van der Waals surface area contributed by atoms with Gasteiger partial charge in [-0.05, 0) is 31.4 Å². The molecule has 4 nitrogen and oxygen atoms in total. The zero-order valence-corrected chi connectivity index (χ0v) is 12.5. The summed E-state index contributed by atoms with van der Waals surface area (Å²) in [4.78, 5) is 4.20. The van der Waals surface area contributed by atoms with Gasteiger partial charge in [0.2, 0.25) is 10.0 Å². The zero-order valence-electron chi connectivity index (χ0n) is 10.1. The molecular weight excluding hydrogens is 316 g/mol. The van der Waals surface area contributed by atoms with Gasteiger partial charge in [0, 0.05) is 30.3 Å². The Labute approximate surface area is 117 Å². The summed E-state index contributed by atoms with van der Waals surface area (Å²) in [5.74, 6) is 0. The first kappa shape index (κ1) is 14.0. The van der Waals surface area contributed by atoms with Crippen molar-refractivity contribution >= 4 is 26.0 Å². The van der Waals surface area contributed by atoms with Crippen LogP contribution >= 0.6 is 15.9 Å². The van der Waals surface area contributed by atoms with Gasteiger partial charge in [0.15, 0.2) is 0 Å². The van der Waals surface area contributed by atoms with Gasteiger partial charge >= 0.3 is 0 Å². The third-order valence-corrected chi connectivity index (χ3v) is 5.65. The Morgan fingerprint density at radius 3 is 2.94 bits per heavy atom. The number of halogens is 1. The smallest absolute Gasteiger partial charge is 0.244 e. The Bertz CT molecular complexity index is 476. The van der Waals surface area contributed by atoms with Crippen LogP contribution < -0.4 is 0 Å². The molecule has 1 aliphatic heterocycles. The summed E-state index contributed by atoms with van der Waals surface area (Å²) >= 11 is 3.40. The lowest BCUT2D eigenvalue weighted by atomic mass is 10.0. The van der Waals surface area contributed by atoms with Gasteiger partial charge in [-0.1, -0.05) is 22.4 Å². The van der Waals surface area contributed by atoms with Gasteiger partial charge < -0.3 is 0 Å². The molecule has 0 aromatic carbocycles. The molecular formula is C12H17BrN2O2S. The second kappa shape index (κ2) is 6.12. The highest BCUT2D eigenvalue weighted by Crippen LogP contribution is 2.26. The molecule has 1 aromatic heterocycles. The standard InChI is InChI=1S/C12H17BrN2O2S/c13-7-6-11-4-1-2-9-15(11)18(16,17)12-5-3-8-14-10-12/h3,5,8,10-11H,1-2,4,6-7,9H2. The fourth-order valence-electron chi connectivity index (χ4n) is 2.34. The van der Waals surface area contributed by atoms with Gasteiger partial charge in [0.05, 0.1) is 0 Å². The number of piperidine rings is 1. The molecule has 6 heteroatoms. The van der Waals surface area contributed by atoms with Crippen molar-refractivity contribution in [1.82, 2.24) is 9.29 Å². The maximum atomic E-state index is 12.5. The van der Waals surface area contributed by atoms with Gasteiger partial charge in [-0.25, -0.2) is 8.42 Å². The third-order valence-electron chi connectivity index (χ3n) is 3.26. The van der Waals surface area contributed by atoms with E-state index in [4.69, 9.17) is 0 Å². The van der Waals surface area contributed by atoms with Crippen molar-refractivity contribution in [1.29, 1.82) is 0 Å². The summed E-state index contributed by atoms with van der Waals surface area (Å²) in [5, 5.41) is 0.830. The highest BCUT2D eigenvalue weighted by Gasteiger charge is 2.32. The summed E-state index contributed by atoms with van der Waals surface area (Å²) in [6.07, 6.45) is 6.87. The number of rotatable bonds is 4. The van der Waals surface area contributed by atoms with E-state index in [2.05, 4.69) is 20.9 Å². The Hall–Kier alpha value is -0.460. The zero-order chi connectivity index (χ0) is 13.0. The largest absolute Gasteiger partial charge is 0.263 e. The number of hydrogen-bond acceptors (Lipinski definition) is 3. The Kier molecular flexibility index (Phi) is 4.75. The number of hydrogen-bond donors (Lipinski definition) is 0. The second-order valence-corrected chi connectivity index (χ2v) is 7.12. The third kappa shape index (κ3) is 2.92. The summed E-state index contributed by atoms with van der Waals surface area (Å²) in [5.41, 5.74) is 0. The molecule has 1 aromatic rings. The normalized spacial score (nSPS) is 21.9. The molecule has 18 heavy (non-hydrogen) atoms. The number of aromatic nitrogens is 1. The molecule has 2 rings (SSSR count). The fraction of sp³-hybridized carbons (Fsp3) is 0.583. The number of nitrogens with zero attached hydrogens (tertiary/aromatic N) is 2. The molecule has 1 aliphatic rings. The quantitative estimate of drug-likeness (QED) is 0.795. The van der Waals surface area contributed by atoms with Crippen molar-refractivity contribution in [3.63, 3.8) is 0 Å². The summed E-state index contributed by atoms with van der Waals surface area (Å²) in [7, 11) is -3.38. The van der Waals surface area contributed by atoms with E-state index in [-0.39, 0.29) is 6.04 Å². The molecule has 100 valence electrons. The number of alkyl halides is 1. The van der Waals surface area contributed by atoms with Crippen molar-refractivity contribution in [2.45, 2.75) is 36.6 Å². The van der Waals surface area contributed by atoms with Crippen molar-refractivity contribution in [3.05, 3.63) is 24.5 Å². The average Bonchev–Trinajstić information content (AvgIpc) is 2.41. The van der Waals surface area contributed by atoms with Crippen molar-refractivity contribution < 1.29 is 8.42 Å². The predicted octanol–water partition coefficient (Wildman–Crippen LogP) is 2.41. The average molecular weight is 333 g/mol. The molecule has 1 fully saturated rings. The van der Waals surface area contributed by atoms with Crippen LogP contribution in [0.15, 0.2) is 29.4 Å². The molecule has 0 radical (unpaired) electrons. The van der Waals surface area contributed by atoms with Crippen LogP contribution in [0.5, 0.6) is 0 Å². The SMILES string of the molecule is O=S(=O)(c1cccnc1)N1CCCCC1CCBr. The fourth-order valence-corrected chi connectivity index (χ4v) is 4.56. The van der Waals surface area contributed by atoms with E-state index in [9.17, 15) is 8.42 Å². The van der Waals surface area contributed by atoms with Crippen LogP contribution in [0.1, 0.15) is 25.7 Å². The first-order chi connectivity index (χ1) is 8.66. The molecule has 0 aliphatic carbocycles.